The molecule has 49 heavy (non-hydrogen) atoms. The Kier molecular flexibility index (Phi) is 5.94. The molecule has 9 N–H and O–H groups in total. The van der Waals surface area contributed by atoms with Gasteiger partial charge in [0.25, 0.3) is 0 Å². The fourth-order valence-electron chi connectivity index (χ4n) is 11.1. The van der Waals surface area contributed by atoms with Crippen LogP contribution in [0.15, 0.2) is 48.5 Å². The van der Waals surface area contributed by atoms with Crippen molar-refractivity contribution in [2.75, 3.05) is 16.8 Å². The van der Waals surface area contributed by atoms with Gasteiger partial charge in [-0.15, -0.1) is 0 Å². The number of anilines is 4. The van der Waals surface area contributed by atoms with E-state index < -0.39 is 0 Å². The highest BCUT2D eigenvalue weighted by Crippen LogP contribution is 2.66. The molecule has 4 aromatic rings. The van der Waals surface area contributed by atoms with E-state index >= 15 is 0 Å². The number of benzene rings is 4. The number of nitrogens with one attached hydrogen (secondary N) is 1. The first-order valence-electron chi connectivity index (χ1n) is 17.4. The van der Waals surface area contributed by atoms with Crippen LogP contribution in [0, 0.1) is 0 Å². The van der Waals surface area contributed by atoms with Gasteiger partial charge in [0.2, 0.25) is 0 Å². The van der Waals surface area contributed by atoms with Crippen molar-refractivity contribution in [3.8, 4) is 23.0 Å². The maximum atomic E-state index is 11.6. The fraction of sp³-hybridized carbons (Fsp3) is 0.429. The predicted octanol–water partition coefficient (Wildman–Crippen LogP) is 8.71. The summed E-state index contributed by atoms with van der Waals surface area (Å²) in [6.45, 7) is 17.9. The van der Waals surface area contributed by atoms with Crippen LogP contribution in [-0.2, 0) is 32.5 Å². The van der Waals surface area contributed by atoms with E-state index in [1.165, 1.54) is 0 Å². The van der Waals surface area contributed by atoms with Crippen molar-refractivity contribution < 1.29 is 20.4 Å². The predicted molar refractivity (Wildman–Crippen MR) is 197 cm³/mol. The van der Waals surface area contributed by atoms with Crippen LogP contribution < -0.4 is 16.8 Å². The summed E-state index contributed by atoms with van der Waals surface area (Å²) in [7, 11) is 0. The first-order chi connectivity index (χ1) is 22.6. The Hall–Kier alpha value is -4.52. The van der Waals surface area contributed by atoms with Gasteiger partial charge >= 0.3 is 0 Å². The zero-order valence-corrected chi connectivity index (χ0v) is 29.9. The van der Waals surface area contributed by atoms with Crippen molar-refractivity contribution in [1.82, 2.24) is 0 Å². The highest BCUT2D eigenvalue weighted by Gasteiger charge is 2.58. The second-order valence-electron chi connectivity index (χ2n) is 18.3. The van der Waals surface area contributed by atoms with Gasteiger partial charge in [-0.25, -0.2) is 0 Å². The van der Waals surface area contributed by atoms with E-state index in [0.29, 0.717) is 22.7 Å². The van der Waals surface area contributed by atoms with Gasteiger partial charge in [-0.2, -0.15) is 0 Å². The van der Waals surface area contributed by atoms with Crippen molar-refractivity contribution >= 4 is 22.7 Å². The van der Waals surface area contributed by atoms with Crippen LogP contribution in [0.5, 0.6) is 23.0 Å². The average molecular weight is 660 g/mol. The van der Waals surface area contributed by atoms with E-state index in [-0.39, 0.29) is 55.5 Å². The molecule has 7 heteroatoms. The summed E-state index contributed by atoms with van der Waals surface area (Å²) in [5, 5.41) is 48.1. The molecule has 0 heterocycles. The number of rotatable bonds is 2. The Morgan fingerprint density at radius 1 is 0.408 bits per heavy atom. The maximum absolute atomic E-state index is 11.6. The summed E-state index contributed by atoms with van der Waals surface area (Å²) < 4.78 is 0. The van der Waals surface area contributed by atoms with Gasteiger partial charge in [-0.1, -0.05) is 55.4 Å². The molecule has 0 radical (unpaired) electrons. The third-order valence-electron chi connectivity index (χ3n) is 12.8. The summed E-state index contributed by atoms with van der Waals surface area (Å²) >= 11 is 0. The van der Waals surface area contributed by atoms with Crippen LogP contribution in [0.1, 0.15) is 126 Å². The number of phenolic OH excluding ortho intramolecular Hbond substituents is 4. The largest absolute Gasteiger partial charge is 0.506 e. The van der Waals surface area contributed by atoms with E-state index in [1.807, 2.05) is 48.5 Å². The highest BCUT2D eigenvalue weighted by molar-refractivity contribution is 5.77. The van der Waals surface area contributed by atoms with E-state index in [4.69, 9.17) is 11.5 Å². The third kappa shape index (κ3) is 4.08. The van der Waals surface area contributed by atoms with Crippen LogP contribution in [0.3, 0.4) is 0 Å². The lowest BCUT2D eigenvalue weighted by molar-refractivity contribution is 0.348. The summed E-state index contributed by atoms with van der Waals surface area (Å²) in [6.07, 6.45) is 3.34. The molecule has 0 fully saturated rings. The van der Waals surface area contributed by atoms with Gasteiger partial charge in [0, 0.05) is 10.8 Å². The van der Waals surface area contributed by atoms with Gasteiger partial charge in [0.1, 0.15) is 23.0 Å². The van der Waals surface area contributed by atoms with Gasteiger partial charge in [-0.3, -0.25) is 0 Å². The SMILES string of the molecule is CC1(C)CC2(CC(C)(C)c3cc(Nc4cc5c(cc4O)C4(CC(C)(C)c6cc(N)c(O)cc64)CC5(C)C)c(O)cc32)c2cc(O)c(N)cc21. The topological polar surface area (TPSA) is 145 Å². The van der Waals surface area contributed by atoms with Gasteiger partial charge in [0.05, 0.1) is 22.7 Å². The average Bonchev–Trinajstić information content (AvgIpc) is 3.51. The standard InChI is InChI=1S/C42H49N3O4/c1-37(2)17-41(25-13-33(46)29(43)9-21(25)37)19-39(5,6)23-11-31(35(48)15-27(23)41)45-32-12-24-28(16-36(32)49)42(20-40(24,7)8)18-38(3,4)22-10-30(44)34(47)14-26(22)42/h9-16,45-49H,17-20,43-44H2,1-8H3. The third-order valence-corrected chi connectivity index (χ3v) is 12.8. The molecule has 0 saturated carbocycles. The van der Waals surface area contributed by atoms with Crippen molar-refractivity contribution in [2.45, 2.75) is 114 Å². The Labute approximate surface area is 289 Å². The maximum Gasteiger partial charge on any atom is 0.139 e. The van der Waals surface area contributed by atoms with Crippen LogP contribution >= 0.6 is 0 Å². The monoisotopic (exact) mass is 659 g/mol. The Balaban J connectivity index is 1.23. The Morgan fingerprint density at radius 2 is 0.673 bits per heavy atom. The first-order valence-corrected chi connectivity index (χ1v) is 17.4. The molecule has 2 unspecified atom stereocenters. The molecule has 2 atom stereocenters. The second kappa shape index (κ2) is 9.17. The van der Waals surface area contributed by atoms with Crippen molar-refractivity contribution in [1.29, 1.82) is 0 Å². The molecule has 0 saturated heterocycles. The Morgan fingerprint density at radius 3 is 0.980 bits per heavy atom. The smallest absolute Gasteiger partial charge is 0.139 e. The summed E-state index contributed by atoms with van der Waals surface area (Å²) in [5.74, 6) is 0.396. The minimum Gasteiger partial charge on any atom is -0.506 e. The molecule has 0 aliphatic heterocycles. The summed E-state index contributed by atoms with van der Waals surface area (Å²) in [4.78, 5) is 0. The van der Waals surface area contributed by atoms with Crippen LogP contribution in [0.25, 0.3) is 0 Å². The number of hydrogen-bond donors (Lipinski definition) is 7. The normalized spacial score (nSPS) is 25.7. The molecule has 4 aromatic carbocycles. The van der Waals surface area contributed by atoms with Crippen LogP contribution in [0.4, 0.5) is 22.7 Å². The lowest BCUT2D eigenvalue weighted by Crippen LogP contribution is -2.26. The first kappa shape index (κ1) is 31.7. The zero-order valence-electron chi connectivity index (χ0n) is 29.9. The minimum absolute atomic E-state index is 0.0898. The number of fused-ring (bicyclic) bond motifs is 8. The van der Waals surface area contributed by atoms with Crippen molar-refractivity contribution in [3.63, 3.8) is 0 Å². The number of aromatic hydroxyl groups is 4. The molecule has 256 valence electrons. The molecule has 0 aromatic heterocycles. The number of nitrogens with two attached hydrogens (primary N) is 2. The lowest BCUT2D eigenvalue weighted by Gasteiger charge is -2.30. The van der Waals surface area contributed by atoms with Gasteiger partial charge in [0.15, 0.2) is 0 Å². The van der Waals surface area contributed by atoms with E-state index in [1.54, 1.807) is 0 Å². The van der Waals surface area contributed by atoms with Gasteiger partial charge in [-0.05, 0) is 140 Å². The van der Waals surface area contributed by atoms with Crippen LogP contribution in [0.2, 0.25) is 0 Å². The van der Waals surface area contributed by atoms with Crippen molar-refractivity contribution in [3.05, 3.63) is 93.0 Å². The van der Waals surface area contributed by atoms with E-state index in [2.05, 4.69) is 60.7 Å². The molecule has 0 amide bonds. The van der Waals surface area contributed by atoms with E-state index in [0.717, 1.165) is 70.2 Å². The number of hydrogen-bond acceptors (Lipinski definition) is 7. The minimum atomic E-state index is -0.378. The zero-order chi connectivity index (χ0) is 35.4. The molecule has 7 nitrogen and oxygen atoms in total. The molecule has 8 rings (SSSR count). The van der Waals surface area contributed by atoms with Gasteiger partial charge < -0.3 is 37.2 Å². The highest BCUT2D eigenvalue weighted by atomic mass is 16.3. The second-order valence-corrected chi connectivity index (χ2v) is 18.3. The number of phenols is 4. The fourth-order valence-corrected chi connectivity index (χ4v) is 11.1. The molecular formula is C42H49N3O4. The van der Waals surface area contributed by atoms with Crippen molar-refractivity contribution in [2.24, 2.45) is 0 Å². The lowest BCUT2D eigenvalue weighted by atomic mass is 9.72. The van der Waals surface area contributed by atoms with E-state index in [9.17, 15) is 20.4 Å². The molecule has 4 aliphatic carbocycles. The summed E-state index contributed by atoms with van der Waals surface area (Å²) in [5.41, 5.74) is 21.5. The summed E-state index contributed by atoms with van der Waals surface area (Å²) in [6, 6.07) is 15.4. The van der Waals surface area contributed by atoms with Crippen LogP contribution in [-0.4, -0.2) is 20.4 Å². The quantitative estimate of drug-likeness (QED) is 0.0842. The number of nitrogen functional groups attached to an aromatic ring is 2. The Bertz CT molecular complexity index is 1990. The molecule has 4 aliphatic rings. The molecule has 0 bridgehead atoms. The molecule has 2 spiro atoms. The molecular weight excluding hydrogens is 610 g/mol.